The minimum Gasteiger partial charge on any atom is -0.379 e. The summed E-state index contributed by atoms with van der Waals surface area (Å²) in [7, 11) is 0. The third-order valence-electron chi connectivity index (χ3n) is 5.55. The fourth-order valence-corrected chi connectivity index (χ4v) is 4.51. The van der Waals surface area contributed by atoms with Crippen molar-refractivity contribution in [2.45, 2.75) is 37.6 Å². The van der Waals surface area contributed by atoms with Gasteiger partial charge in [-0.05, 0) is 18.9 Å². The van der Waals surface area contributed by atoms with Crippen molar-refractivity contribution < 1.29 is 9.53 Å². The second-order valence-corrected chi connectivity index (χ2v) is 8.25. The van der Waals surface area contributed by atoms with Crippen LogP contribution in [0.25, 0.3) is 0 Å². The van der Waals surface area contributed by atoms with Crippen LogP contribution in [0.1, 0.15) is 32.1 Å². The van der Waals surface area contributed by atoms with Crippen molar-refractivity contribution in [1.82, 2.24) is 20.5 Å². The first kappa shape index (κ1) is 21.4. The van der Waals surface area contributed by atoms with E-state index in [0.717, 1.165) is 39.1 Å². The molecule has 2 heterocycles. The first-order valence-electron chi connectivity index (χ1n) is 9.98. The van der Waals surface area contributed by atoms with Crippen molar-refractivity contribution >= 4 is 35.1 Å². The molecule has 0 atom stereocenters. The van der Waals surface area contributed by atoms with Crippen LogP contribution in [0.5, 0.6) is 0 Å². The molecule has 2 amide bonds. The second-order valence-electron chi connectivity index (χ2n) is 7.40. The number of halogens is 2. The molecule has 0 unspecified atom stereocenters. The smallest absolute Gasteiger partial charge is 0.314 e. The maximum Gasteiger partial charge on any atom is 0.314 e. The maximum atomic E-state index is 12.3. The van der Waals surface area contributed by atoms with E-state index in [0.29, 0.717) is 35.5 Å². The van der Waals surface area contributed by atoms with Crippen LogP contribution >= 0.6 is 23.2 Å². The van der Waals surface area contributed by atoms with Gasteiger partial charge >= 0.3 is 6.03 Å². The van der Waals surface area contributed by atoms with E-state index in [1.54, 1.807) is 6.07 Å². The molecule has 28 heavy (non-hydrogen) atoms. The van der Waals surface area contributed by atoms with Crippen LogP contribution in [0.4, 0.5) is 10.6 Å². The topological polar surface area (TPSA) is 78.5 Å². The van der Waals surface area contributed by atoms with Crippen molar-refractivity contribution in [3.05, 3.63) is 22.3 Å². The lowest BCUT2D eigenvalue weighted by Gasteiger charge is -2.48. The van der Waals surface area contributed by atoms with E-state index in [1.165, 1.54) is 25.5 Å². The largest absolute Gasteiger partial charge is 0.379 e. The molecule has 1 saturated carbocycles. The lowest BCUT2D eigenvalue weighted by molar-refractivity contribution is -0.0357. The fourth-order valence-electron chi connectivity index (χ4n) is 4.06. The van der Waals surface area contributed by atoms with E-state index in [9.17, 15) is 4.79 Å². The van der Waals surface area contributed by atoms with Crippen LogP contribution in [-0.2, 0) is 4.74 Å². The number of hydrogen-bond donors (Lipinski definition) is 3. The van der Waals surface area contributed by atoms with Gasteiger partial charge in [0.2, 0.25) is 0 Å². The number of aromatic nitrogens is 1. The Kier molecular flexibility index (Phi) is 8.02. The summed E-state index contributed by atoms with van der Waals surface area (Å²) in [5.74, 6) is 0.557. The van der Waals surface area contributed by atoms with Gasteiger partial charge in [-0.15, -0.1) is 0 Å². The van der Waals surface area contributed by atoms with Crippen molar-refractivity contribution in [2.75, 3.05) is 51.3 Å². The lowest BCUT2D eigenvalue weighted by Crippen LogP contribution is -2.60. The van der Waals surface area contributed by atoms with Gasteiger partial charge in [-0.2, -0.15) is 0 Å². The van der Waals surface area contributed by atoms with Gasteiger partial charge in [0.15, 0.2) is 0 Å². The van der Waals surface area contributed by atoms with E-state index in [-0.39, 0.29) is 11.6 Å². The average molecular weight is 430 g/mol. The van der Waals surface area contributed by atoms with Crippen molar-refractivity contribution in [3.8, 4) is 0 Å². The van der Waals surface area contributed by atoms with E-state index in [1.807, 2.05) is 0 Å². The van der Waals surface area contributed by atoms with Crippen molar-refractivity contribution in [1.29, 1.82) is 0 Å². The molecular formula is C19H29Cl2N5O2. The van der Waals surface area contributed by atoms with Gasteiger partial charge in [0.1, 0.15) is 5.82 Å². The third kappa shape index (κ3) is 5.86. The molecule has 1 aliphatic carbocycles. The summed E-state index contributed by atoms with van der Waals surface area (Å²) < 4.78 is 5.51. The Hall–Kier alpha value is -1.28. The number of carbonyl (C=O) groups excluding carboxylic acids is 1. The predicted octanol–water partition coefficient (Wildman–Crippen LogP) is 3.13. The Balaban J connectivity index is 1.41. The van der Waals surface area contributed by atoms with E-state index in [2.05, 4.69) is 25.8 Å². The first-order chi connectivity index (χ1) is 13.6. The number of ether oxygens (including phenoxy) is 1. The van der Waals surface area contributed by atoms with E-state index < -0.39 is 0 Å². The van der Waals surface area contributed by atoms with Crippen LogP contribution in [-0.4, -0.2) is 67.4 Å². The molecule has 156 valence electrons. The average Bonchev–Trinajstić information content (AvgIpc) is 2.72. The SMILES string of the molecule is O=C(NCCNc1ncc(Cl)cc1Cl)NCC1(N2CCOCC2)CCCCC1. The van der Waals surface area contributed by atoms with Crippen LogP contribution < -0.4 is 16.0 Å². The Morgan fingerprint density at radius 2 is 1.89 bits per heavy atom. The zero-order chi connectivity index (χ0) is 19.8. The monoisotopic (exact) mass is 429 g/mol. The number of anilines is 1. The van der Waals surface area contributed by atoms with Gasteiger partial charge in [-0.25, -0.2) is 9.78 Å². The molecule has 0 aromatic carbocycles. The summed E-state index contributed by atoms with van der Waals surface area (Å²) in [5, 5.41) is 10.0. The van der Waals surface area contributed by atoms with Crippen molar-refractivity contribution in [2.24, 2.45) is 0 Å². The summed E-state index contributed by atoms with van der Waals surface area (Å²) in [4.78, 5) is 18.9. The number of pyridine rings is 1. The highest BCUT2D eigenvalue weighted by atomic mass is 35.5. The van der Waals surface area contributed by atoms with Gasteiger partial charge in [0.05, 0.1) is 23.3 Å². The number of morpholine rings is 1. The molecule has 1 saturated heterocycles. The predicted molar refractivity (Wildman–Crippen MR) is 112 cm³/mol. The normalized spacial score (nSPS) is 19.8. The number of nitrogens with zero attached hydrogens (tertiary/aromatic N) is 2. The highest BCUT2D eigenvalue weighted by Gasteiger charge is 2.38. The molecule has 0 bridgehead atoms. The molecule has 0 radical (unpaired) electrons. The van der Waals surface area contributed by atoms with E-state index in [4.69, 9.17) is 27.9 Å². The quantitative estimate of drug-likeness (QED) is 0.580. The Labute approximate surface area is 176 Å². The number of hydrogen-bond acceptors (Lipinski definition) is 5. The molecule has 1 aromatic heterocycles. The molecule has 0 spiro atoms. The Morgan fingerprint density at radius 1 is 1.14 bits per heavy atom. The van der Waals surface area contributed by atoms with Crippen LogP contribution in [0.2, 0.25) is 10.0 Å². The molecule has 2 aliphatic rings. The number of nitrogens with one attached hydrogen (secondary N) is 3. The Morgan fingerprint density at radius 3 is 2.61 bits per heavy atom. The molecule has 3 N–H and O–H groups in total. The van der Waals surface area contributed by atoms with Crippen LogP contribution in [0.15, 0.2) is 12.3 Å². The maximum absolute atomic E-state index is 12.3. The van der Waals surface area contributed by atoms with Gasteiger partial charge in [-0.1, -0.05) is 42.5 Å². The number of carbonyl (C=O) groups is 1. The molecular weight excluding hydrogens is 401 g/mol. The minimum absolute atomic E-state index is 0.0678. The molecule has 3 rings (SSSR count). The van der Waals surface area contributed by atoms with Crippen LogP contribution in [0.3, 0.4) is 0 Å². The Bertz CT molecular complexity index is 649. The van der Waals surface area contributed by atoms with Gasteiger partial charge < -0.3 is 20.7 Å². The lowest BCUT2D eigenvalue weighted by atomic mass is 9.80. The summed E-state index contributed by atoms with van der Waals surface area (Å²) in [6.45, 7) is 5.12. The zero-order valence-corrected chi connectivity index (χ0v) is 17.6. The highest BCUT2D eigenvalue weighted by Crippen LogP contribution is 2.33. The van der Waals surface area contributed by atoms with Crippen molar-refractivity contribution in [3.63, 3.8) is 0 Å². The van der Waals surface area contributed by atoms with Gasteiger partial charge in [0, 0.05) is 44.5 Å². The summed E-state index contributed by atoms with van der Waals surface area (Å²) in [5.41, 5.74) is 0.0678. The zero-order valence-electron chi connectivity index (χ0n) is 16.1. The molecule has 7 nitrogen and oxygen atoms in total. The number of urea groups is 1. The molecule has 1 aliphatic heterocycles. The highest BCUT2D eigenvalue weighted by molar-refractivity contribution is 6.35. The summed E-state index contributed by atoms with van der Waals surface area (Å²) in [6, 6.07) is 1.49. The molecule has 9 heteroatoms. The number of rotatable bonds is 7. The van der Waals surface area contributed by atoms with E-state index >= 15 is 0 Å². The summed E-state index contributed by atoms with van der Waals surface area (Å²) >= 11 is 11.9. The third-order valence-corrected chi connectivity index (χ3v) is 6.05. The first-order valence-corrected chi connectivity index (χ1v) is 10.7. The van der Waals surface area contributed by atoms with Gasteiger partial charge in [-0.3, -0.25) is 4.90 Å². The second kappa shape index (κ2) is 10.5. The summed E-state index contributed by atoms with van der Waals surface area (Å²) in [6.07, 6.45) is 7.53. The van der Waals surface area contributed by atoms with Gasteiger partial charge in [0.25, 0.3) is 0 Å². The minimum atomic E-state index is -0.143. The molecule has 1 aromatic rings. The fraction of sp³-hybridized carbons (Fsp3) is 0.684. The van der Waals surface area contributed by atoms with Crippen LogP contribution in [0, 0.1) is 0 Å². The standard InChI is InChI=1S/C19H29Cl2N5O2/c20-15-12-16(21)17(24-13-15)22-6-7-23-18(27)25-14-19(4-2-1-3-5-19)26-8-10-28-11-9-26/h12-13H,1-11,14H2,(H,22,24)(H2,23,25,27). The molecule has 2 fully saturated rings. The number of amides is 2.